The van der Waals surface area contributed by atoms with Crippen LogP contribution in [-0.2, 0) is 6.42 Å². The summed E-state index contributed by atoms with van der Waals surface area (Å²) in [6.45, 7) is 0. The van der Waals surface area contributed by atoms with E-state index >= 15 is 0 Å². The lowest BCUT2D eigenvalue weighted by atomic mass is 10.0. The molecule has 0 heterocycles. The van der Waals surface area contributed by atoms with Gasteiger partial charge in [-0.25, -0.2) is 8.78 Å². The van der Waals surface area contributed by atoms with Crippen molar-refractivity contribution in [1.82, 2.24) is 0 Å². The Kier molecular flexibility index (Phi) is 4.55. The molecule has 1 unspecified atom stereocenters. The predicted octanol–water partition coefficient (Wildman–Crippen LogP) is 4.66. The van der Waals surface area contributed by atoms with Gasteiger partial charge in [0.1, 0.15) is 11.6 Å². The number of halogens is 4. The van der Waals surface area contributed by atoms with Crippen molar-refractivity contribution in [3.05, 3.63) is 68.7 Å². The van der Waals surface area contributed by atoms with E-state index in [4.69, 9.17) is 11.6 Å². The third-order valence-corrected chi connectivity index (χ3v) is 3.51. The second-order valence-corrected chi connectivity index (χ2v) is 5.46. The van der Waals surface area contributed by atoms with Gasteiger partial charge in [-0.2, -0.15) is 0 Å². The van der Waals surface area contributed by atoms with Crippen molar-refractivity contribution in [3.8, 4) is 0 Å². The van der Waals surface area contributed by atoms with Crippen LogP contribution >= 0.6 is 27.5 Å². The van der Waals surface area contributed by atoms with E-state index in [0.29, 0.717) is 10.0 Å². The zero-order chi connectivity index (χ0) is 14.0. The summed E-state index contributed by atoms with van der Waals surface area (Å²) in [7, 11) is 0. The minimum atomic E-state index is -1.01. The van der Waals surface area contributed by atoms with Gasteiger partial charge < -0.3 is 5.11 Å². The van der Waals surface area contributed by atoms with Crippen LogP contribution in [0.2, 0.25) is 5.02 Å². The van der Waals surface area contributed by atoms with Gasteiger partial charge in [-0.3, -0.25) is 0 Å². The molecule has 2 aromatic rings. The highest BCUT2D eigenvalue weighted by Crippen LogP contribution is 2.26. The molecule has 2 rings (SSSR count). The van der Waals surface area contributed by atoms with Crippen LogP contribution in [0, 0.1) is 11.6 Å². The average molecular weight is 348 g/mol. The van der Waals surface area contributed by atoms with Crippen molar-refractivity contribution >= 4 is 27.5 Å². The van der Waals surface area contributed by atoms with Crippen LogP contribution in [0.15, 0.2) is 40.9 Å². The van der Waals surface area contributed by atoms with Gasteiger partial charge in [-0.1, -0.05) is 33.6 Å². The molecule has 19 heavy (non-hydrogen) atoms. The van der Waals surface area contributed by atoms with Crippen molar-refractivity contribution in [1.29, 1.82) is 0 Å². The molecule has 5 heteroatoms. The van der Waals surface area contributed by atoms with E-state index < -0.39 is 17.7 Å². The van der Waals surface area contributed by atoms with E-state index in [0.717, 1.165) is 0 Å². The number of rotatable bonds is 3. The molecule has 2 aromatic carbocycles. The zero-order valence-electron chi connectivity index (χ0n) is 9.71. The van der Waals surface area contributed by atoms with Crippen LogP contribution in [-0.4, -0.2) is 5.11 Å². The average Bonchev–Trinajstić information content (AvgIpc) is 2.36. The Morgan fingerprint density at radius 1 is 1.11 bits per heavy atom. The number of aliphatic hydroxyl groups is 1. The number of aliphatic hydroxyl groups excluding tert-OH is 1. The molecule has 0 saturated carbocycles. The fraction of sp³-hybridized carbons (Fsp3) is 0.143. The van der Waals surface area contributed by atoms with Crippen LogP contribution < -0.4 is 0 Å². The lowest BCUT2D eigenvalue weighted by Crippen LogP contribution is -2.04. The molecule has 1 atom stereocenters. The summed E-state index contributed by atoms with van der Waals surface area (Å²) in [6.07, 6.45) is -0.855. The number of benzene rings is 2. The first kappa shape index (κ1) is 14.4. The molecule has 100 valence electrons. The Hall–Kier alpha value is -0.970. The van der Waals surface area contributed by atoms with E-state index in [1.54, 1.807) is 6.07 Å². The van der Waals surface area contributed by atoms with E-state index in [2.05, 4.69) is 15.9 Å². The van der Waals surface area contributed by atoms with Gasteiger partial charge in [0.25, 0.3) is 0 Å². The highest BCUT2D eigenvalue weighted by molar-refractivity contribution is 9.10. The minimum absolute atomic E-state index is 0.0144. The molecule has 1 N–H and O–H groups in total. The van der Waals surface area contributed by atoms with Gasteiger partial charge in [0, 0.05) is 16.5 Å². The molecule has 0 radical (unpaired) electrons. The molecule has 0 spiro atoms. The fourth-order valence-electron chi connectivity index (χ4n) is 1.77. The summed E-state index contributed by atoms with van der Waals surface area (Å²) >= 11 is 8.88. The monoisotopic (exact) mass is 346 g/mol. The normalized spacial score (nSPS) is 12.5. The van der Waals surface area contributed by atoms with Gasteiger partial charge in [0.15, 0.2) is 0 Å². The second-order valence-electron chi connectivity index (χ2n) is 4.13. The Morgan fingerprint density at radius 3 is 2.47 bits per heavy atom. The Morgan fingerprint density at radius 2 is 1.79 bits per heavy atom. The lowest BCUT2D eigenvalue weighted by molar-refractivity contribution is 0.173. The van der Waals surface area contributed by atoms with Gasteiger partial charge in [0.05, 0.1) is 11.1 Å². The summed E-state index contributed by atoms with van der Waals surface area (Å²) in [5, 5.41) is 10.0. The smallest absolute Gasteiger partial charge is 0.141 e. The lowest BCUT2D eigenvalue weighted by Gasteiger charge is -2.13. The van der Waals surface area contributed by atoms with Crippen molar-refractivity contribution in [2.45, 2.75) is 12.5 Å². The predicted molar refractivity (Wildman–Crippen MR) is 74.2 cm³/mol. The first-order chi connectivity index (χ1) is 8.97. The third kappa shape index (κ3) is 3.53. The zero-order valence-corrected chi connectivity index (χ0v) is 12.0. The molecule has 0 aliphatic carbocycles. The van der Waals surface area contributed by atoms with Crippen LogP contribution in [0.5, 0.6) is 0 Å². The Balaban J connectivity index is 2.22. The van der Waals surface area contributed by atoms with Crippen LogP contribution in [0.25, 0.3) is 0 Å². The summed E-state index contributed by atoms with van der Waals surface area (Å²) in [5.74, 6) is -1.00. The molecule has 0 fully saturated rings. The maximum absolute atomic E-state index is 13.6. The SMILES string of the molecule is OC(Cc1ccc(F)c(Cl)c1)c1cc(Br)ccc1F. The second kappa shape index (κ2) is 5.99. The highest BCUT2D eigenvalue weighted by atomic mass is 79.9. The van der Waals surface area contributed by atoms with Crippen LogP contribution in [0.1, 0.15) is 17.2 Å². The van der Waals surface area contributed by atoms with Gasteiger partial charge in [0.2, 0.25) is 0 Å². The van der Waals surface area contributed by atoms with E-state index in [1.165, 1.54) is 30.3 Å². The van der Waals surface area contributed by atoms with Crippen molar-refractivity contribution in [3.63, 3.8) is 0 Å². The van der Waals surface area contributed by atoms with Crippen LogP contribution in [0.4, 0.5) is 8.78 Å². The van der Waals surface area contributed by atoms with Crippen molar-refractivity contribution in [2.24, 2.45) is 0 Å². The van der Waals surface area contributed by atoms with Gasteiger partial charge in [-0.05, 0) is 35.9 Å². The summed E-state index contributed by atoms with van der Waals surface area (Å²) < 4.78 is 27.3. The quantitative estimate of drug-likeness (QED) is 0.856. The maximum atomic E-state index is 13.6. The molecule has 0 aliphatic rings. The van der Waals surface area contributed by atoms with Gasteiger partial charge >= 0.3 is 0 Å². The number of hydrogen-bond donors (Lipinski definition) is 1. The Bertz CT molecular complexity index is 604. The third-order valence-electron chi connectivity index (χ3n) is 2.73. The fourth-order valence-corrected chi connectivity index (χ4v) is 2.35. The topological polar surface area (TPSA) is 20.2 Å². The standard InChI is InChI=1S/C14H10BrClF2O/c15-9-2-4-12(17)10(7-9)14(19)6-8-1-3-13(18)11(16)5-8/h1-5,7,14,19H,6H2. The first-order valence-corrected chi connectivity index (χ1v) is 6.71. The summed E-state index contributed by atoms with van der Waals surface area (Å²) in [6, 6.07) is 8.52. The van der Waals surface area contributed by atoms with Gasteiger partial charge in [-0.15, -0.1) is 0 Å². The van der Waals surface area contributed by atoms with E-state index in [-0.39, 0.29) is 17.0 Å². The Labute approximate surface area is 123 Å². The van der Waals surface area contributed by atoms with E-state index in [9.17, 15) is 13.9 Å². The number of hydrogen-bond acceptors (Lipinski definition) is 1. The first-order valence-electron chi connectivity index (χ1n) is 5.54. The maximum Gasteiger partial charge on any atom is 0.141 e. The molecule has 0 bridgehead atoms. The largest absolute Gasteiger partial charge is 0.388 e. The van der Waals surface area contributed by atoms with Crippen molar-refractivity contribution in [2.75, 3.05) is 0 Å². The highest BCUT2D eigenvalue weighted by Gasteiger charge is 2.14. The van der Waals surface area contributed by atoms with Crippen molar-refractivity contribution < 1.29 is 13.9 Å². The molecule has 0 amide bonds. The summed E-state index contributed by atoms with van der Waals surface area (Å²) in [5.41, 5.74) is 0.827. The minimum Gasteiger partial charge on any atom is -0.388 e. The summed E-state index contributed by atoms with van der Waals surface area (Å²) in [4.78, 5) is 0. The molecule has 0 aromatic heterocycles. The van der Waals surface area contributed by atoms with Crippen LogP contribution in [0.3, 0.4) is 0 Å². The van der Waals surface area contributed by atoms with E-state index in [1.807, 2.05) is 0 Å². The molecule has 1 nitrogen and oxygen atoms in total. The molecule has 0 aliphatic heterocycles. The molecule has 0 saturated heterocycles. The molecular weight excluding hydrogens is 338 g/mol. The molecular formula is C14H10BrClF2O.